The van der Waals surface area contributed by atoms with Gasteiger partial charge < -0.3 is 5.11 Å². The molecule has 1 heterocycles. The maximum atomic E-state index is 11.4. The smallest absolute Gasteiger partial charge is 0.331 e. The highest BCUT2D eigenvalue weighted by atomic mass is 32.2. The van der Waals surface area contributed by atoms with Gasteiger partial charge in [0.1, 0.15) is 0 Å². The predicted octanol–water partition coefficient (Wildman–Crippen LogP) is -0.428. The first-order chi connectivity index (χ1) is 7.41. The van der Waals surface area contributed by atoms with Crippen molar-refractivity contribution in [2.45, 2.75) is 19.4 Å². The van der Waals surface area contributed by atoms with Crippen molar-refractivity contribution in [2.75, 3.05) is 12.0 Å². The Morgan fingerprint density at radius 2 is 2.19 bits per heavy atom. The summed E-state index contributed by atoms with van der Waals surface area (Å²) in [5, 5.41) is 9.47. The van der Waals surface area contributed by atoms with E-state index in [0.29, 0.717) is 12.2 Å². The van der Waals surface area contributed by atoms with E-state index in [1.807, 2.05) is 0 Å². The third-order valence-electron chi connectivity index (χ3n) is 2.22. The van der Waals surface area contributed by atoms with Crippen LogP contribution in [0.2, 0.25) is 0 Å². The zero-order valence-electron chi connectivity index (χ0n) is 9.10. The minimum atomic E-state index is -0.946. The lowest BCUT2D eigenvalue weighted by molar-refractivity contribution is 0.368. The van der Waals surface area contributed by atoms with Gasteiger partial charge in [-0.25, -0.2) is 4.79 Å². The van der Waals surface area contributed by atoms with Gasteiger partial charge in [-0.3, -0.25) is 18.6 Å². The summed E-state index contributed by atoms with van der Waals surface area (Å²) in [6, 6.07) is 0.633. The van der Waals surface area contributed by atoms with Gasteiger partial charge in [0.15, 0.2) is 0 Å². The number of nitrogens with zero attached hydrogens (tertiary/aromatic N) is 1. The van der Waals surface area contributed by atoms with Crippen LogP contribution in [0.3, 0.4) is 0 Å². The normalized spacial score (nSPS) is 14.6. The van der Waals surface area contributed by atoms with Crippen molar-refractivity contribution in [2.24, 2.45) is 0 Å². The van der Waals surface area contributed by atoms with E-state index in [-0.39, 0.29) is 11.9 Å². The molecule has 7 heteroatoms. The highest BCUT2D eigenvalue weighted by molar-refractivity contribution is 7.84. The van der Waals surface area contributed by atoms with Crippen LogP contribution in [0.15, 0.2) is 15.7 Å². The summed E-state index contributed by atoms with van der Waals surface area (Å²) in [6.07, 6.45) is 2.06. The Labute approximate surface area is 94.4 Å². The second kappa shape index (κ2) is 5.11. The summed E-state index contributed by atoms with van der Waals surface area (Å²) < 4.78 is 12.0. The predicted molar refractivity (Wildman–Crippen MR) is 61.2 cm³/mol. The molecule has 0 fully saturated rings. The number of aromatic nitrogens is 2. The van der Waals surface area contributed by atoms with Gasteiger partial charge in [0.25, 0.3) is 5.56 Å². The molecular formula is C9H14N2O4S. The molecule has 0 amide bonds. The van der Waals surface area contributed by atoms with Gasteiger partial charge in [-0.2, -0.15) is 0 Å². The fourth-order valence-corrected chi connectivity index (χ4v) is 2.06. The molecule has 2 N–H and O–H groups in total. The average molecular weight is 246 g/mol. The lowest BCUT2D eigenvalue weighted by atomic mass is 10.2. The SMILES string of the molecule is CC(CCS(C)=O)n1c(O)cc(=O)[nH]c1=O. The van der Waals surface area contributed by atoms with Gasteiger partial charge >= 0.3 is 5.69 Å². The number of rotatable bonds is 4. The van der Waals surface area contributed by atoms with Crippen molar-refractivity contribution < 1.29 is 9.32 Å². The van der Waals surface area contributed by atoms with Gasteiger partial charge in [-0.05, 0) is 13.3 Å². The van der Waals surface area contributed by atoms with Gasteiger partial charge in [0.05, 0.1) is 6.07 Å². The minimum absolute atomic E-state index is 0.312. The van der Waals surface area contributed by atoms with E-state index in [9.17, 15) is 18.9 Å². The van der Waals surface area contributed by atoms with E-state index in [2.05, 4.69) is 4.98 Å². The molecule has 0 saturated heterocycles. The second-order valence-electron chi connectivity index (χ2n) is 3.58. The Kier molecular flexibility index (Phi) is 4.05. The van der Waals surface area contributed by atoms with Crippen molar-refractivity contribution in [3.63, 3.8) is 0 Å². The van der Waals surface area contributed by atoms with Crippen molar-refractivity contribution in [3.8, 4) is 5.88 Å². The van der Waals surface area contributed by atoms with Crippen molar-refractivity contribution >= 4 is 10.8 Å². The summed E-state index contributed by atoms with van der Waals surface area (Å²) in [5.74, 6) is 0.0646. The van der Waals surface area contributed by atoms with E-state index in [4.69, 9.17) is 0 Å². The van der Waals surface area contributed by atoms with Crippen LogP contribution >= 0.6 is 0 Å². The third-order valence-corrected chi connectivity index (χ3v) is 3.03. The molecule has 1 aromatic rings. The van der Waals surface area contributed by atoms with Crippen LogP contribution in [0.5, 0.6) is 5.88 Å². The maximum Gasteiger partial charge on any atom is 0.331 e. The topological polar surface area (TPSA) is 92.2 Å². The molecule has 0 aromatic carbocycles. The highest BCUT2D eigenvalue weighted by Crippen LogP contribution is 2.14. The zero-order chi connectivity index (χ0) is 12.3. The van der Waals surface area contributed by atoms with Gasteiger partial charge in [-0.1, -0.05) is 0 Å². The standard InChI is InChI=1S/C9H14N2O4S/c1-6(3-4-16(2)15)11-8(13)5-7(12)10-9(11)14/h5-6,13H,3-4H2,1-2H3,(H,10,12,14). The molecule has 16 heavy (non-hydrogen) atoms. The molecule has 6 nitrogen and oxygen atoms in total. The lowest BCUT2D eigenvalue weighted by Gasteiger charge is -2.14. The summed E-state index contributed by atoms with van der Waals surface area (Å²) in [6.45, 7) is 1.71. The van der Waals surface area contributed by atoms with Crippen molar-refractivity contribution in [1.29, 1.82) is 0 Å². The molecule has 1 aromatic heterocycles. The summed E-state index contributed by atoms with van der Waals surface area (Å²) in [5.41, 5.74) is -1.29. The fourth-order valence-electron chi connectivity index (χ4n) is 1.38. The van der Waals surface area contributed by atoms with Crippen LogP contribution in [0, 0.1) is 0 Å². The first-order valence-electron chi connectivity index (χ1n) is 4.76. The van der Waals surface area contributed by atoms with Crippen LogP contribution in [0.25, 0.3) is 0 Å². The lowest BCUT2D eigenvalue weighted by Crippen LogP contribution is -2.31. The molecule has 0 aliphatic rings. The van der Waals surface area contributed by atoms with Crippen LogP contribution in [0.1, 0.15) is 19.4 Å². The molecule has 1 rings (SSSR count). The molecule has 0 bridgehead atoms. The van der Waals surface area contributed by atoms with Crippen molar-refractivity contribution in [1.82, 2.24) is 9.55 Å². The van der Waals surface area contributed by atoms with E-state index < -0.39 is 22.0 Å². The van der Waals surface area contributed by atoms with E-state index >= 15 is 0 Å². The van der Waals surface area contributed by atoms with Gasteiger partial charge in [-0.15, -0.1) is 0 Å². The molecule has 0 spiro atoms. The Morgan fingerprint density at radius 3 is 2.69 bits per heavy atom. The third kappa shape index (κ3) is 3.06. The summed E-state index contributed by atoms with van der Waals surface area (Å²) >= 11 is 0. The van der Waals surface area contributed by atoms with Crippen LogP contribution in [0.4, 0.5) is 0 Å². The first-order valence-corrected chi connectivity index (χ1v) is 6.49. The second-order valence-corrected chi connectivity index (χ2v) is 5.14. The quantitative estimate of drug-likeness (QED) is 0.754. The van der Waals surface area contributed by atoms with E-state index in [1.54, 1.807) is 13.2 Å². The monoisotopic (exact) mass is 246 g/mol. The largest absolute Gasteiger partial charge is 0.494 e. The number of aromatic amines is 1. The maximum absolute atomic E-state index is 11.4. The molecule has 0 radical (unpaired) electrons. The molecule has 0 aliphatic heterocycles. The molecule has 0 saturated carbocycles. The number of aromatic hydroxyl groups is 1. The zero-order valence-corrected chi connectivity index (χ0v) is 9.91. The Morgan fingerprint density at radius 1 is 1.56 bits per heavy atom. The van der Waals surface area contributed by atoms with E-state index in [0.717, 1.165) is 10.6 Å². The minimum Gasteiger partial charge on any atom is -0.494 e. The summed E-state index contributed by atoms with van der Waals surface area (Å²) in [7, 11) is -0.946. The Bertz CT molecular complexity index is 505. The number of hydrogen-bond donors (Lipinski definition) is 2. The molecular weight excluding hydrogens is 232 g/mol. The number of H-pyrrole nitrogens is 1. The van der Waals surface area contributed by atoms with Crippen LogP contribution in [-0.4, -0.2) is 30.9 Å². The van der Waals surface area contributed by atoms with Crippen molar-refractivity contribution in [3.05, 3.63) is 26.9 Å². The molecule has 2 unspecified atom stereocenters. The first kappa shape index (κ1) is 12.7. The molecule has 0 aliphatic carbocycles. The van der Waals surface area contributed by atoms with Crippen LogP contribution in [-0.2, 0) is 10.8 Å². The number of hydrogen-bond acceptors (Lipinski definition) is 4. The van der Waals surface area contributed by atoms with Gasteiger partial charge in [0.2, 0.25) is 5.88 Å². The Hall–Kier alpha value is -1.37. The molecule has 2 atom stereocenters. The molecule has 90 valence electrons. The number of nitrogens with one attached hydrogen (secondary N) is 1. The summed E-state index contributed by atoms with van der Waals surface area (Å²) in [4.78, 5) is 24.4. The highest BCUT2D eigenvalue weighted by Gasteiger charge is 2.12. The average Bonchev–Trinajstić information content (AvgIpc) is 2.12. The Balaban J connectivity index is 3.00. The van der Waals surface area contributed by atoms with Gasteiger partial charge in [0, 0.05) is 28.9 Å². The van der Waals surface area contributed by atoms with Crippen LogP contribution < -0.4 is 11.2 Å². The fraction of sp³-hybridized carbons (Fsp3) is 0.556. The van der Waals surface area contributed by atoms with E-state index in [1.165, 1.54) is 0 Å².